The Morgan fingerprint density at radius 1 is 1.39 bits per heavy atom. The molecule has 1 saturated heterocycles. The molecular weight excluding hydrogens is 224 g/mol. The van der Waals surface area contributed by atoms with E-state index in [1.165, 1.54) is 32.2 Å². The van der Waals surface area contributed by atoms with Gasteiger partial charge in [0.05, 0.1) is 6.33 Å². The van der Waals surface area contributed by atoms with E-state index < -0.39 is 0 Å². The predicted molar refractivity (Wildman–Crippen MR) is 72.4 cm³/mol. The summed E-state index contributed by atoms with van der Waals surface area (Å²) >= 11 is 0. The van der Waals surface area contributed by atoms with E-state index in [1.807, 2.05) is 18.7 Å². The Morgan fingerprint density at radius 2 is 2.28 bits per heavy atom. The van der Waals surface area contributed by atoms with Gasteiger partial charge in [0.15, 0.2) is 0 Å². The van der Waals surface area contributed by atoms with Crippen LogP contribution in [0.25, 0.3) is 0 Å². The van der Waals surface area contributed by atoms with Crippen molar-refractivity contribution < 1.29 is 0 Å². The number of nitrogens with zero attached hydrogens (tertiary/aromatic N) is 3. The van der Waals surface area contributed by atoms with Gasteiger partial charge in [-0.15, -0.1) is 0 Å². The second-order valence-electron chi connectivity index (χ2n) is 5.82. The van der Waals surface area contributed by atoms with Gasteiger partial charge in [0.1, 0.15) is 0 Å². The Labute approximate surface area is 109 Å². The number of imidazole rings is 1. The summed E-state index contributed by atoms with van der Waals surface area (Å²) in [7, 11) is 0. The maximum absolute atomic E-state index is 4.06. The van der Waals surface area contributed by atoms with Crippen molar-refractivity contribution in [3.05, 3.63) is 18.7 Å². The lowest BCUT2D eigenvalue weighted by atomic mass is 10.2. The molecule has 100 valence electrons. The summed E-state index contributed by atoms with van der Waals surface area (Å²) in [6.45, 7) is 5.83. The molecule has 4 nitrogen and oxygen atoms in total. The van der Waals surface area contributed by atoms with Gasteiger partial charge in [-0.05, 0) is 39.2 Å². The van der Waals surface area contributed by atoms with Crippen LogP contribution in [0.15, 0.2) is 18.7 Å². The maximum atomic E-state index is 4.06. The number of rotatable bonds is 6. The maximum Gasteiger partial charge on any atom is 0.0945 e. The van der Waals surface area contributed by atoms with Crippen molar-refractivity contribution in [2.45, 2.75) is 57.3 Å². The smallest absolute Gasteiger partial charge is 0.0945 e. The zero-order valence-electron chi connectivity index (χ0n) is 11.3. The molecular formula is C14H24N4. The van der Waals surface area contributed by atoms with E-state index in [1.54, 1.807) is 0 Å². The van der Waals surface area contributed by atoms with E-state index in [0.717, 1.165) is 25.2 Å². The summed E-state index contributed by atoms with van der Waals surface area (Å²) in [5, 5.41) is 3.71. The molecule has 3 rings (SSSR count). The highest BCUT2D eigenvalue weighted by molar-refractivity contribution is 4.95. The van der Waals surface area contributed by atoms with Crippen LogP contribution >= 0.6 is 0 Å². The summed E-state index contributed by atoms with van der Waals surface area (Å²) in [4.78, 5) is 6.76. The van der Waals surface area contributed by atoms with Gasteiger partial charge in [-0.3, -0.25) is 4.90 Å². The molecule has 1 saturated carbocycles. The summed E-state index contributed by atoms with van der Waals surface area (Å²) in [6, 6.07) is 2.41. The Bertz CT molecular complexity index is 358. The second-order valence-corrected chi connectivity index (χ2v) is 5.82. The third-order valence-electron chi connectivity index (χ3n) is 4.22. The van der Waals surface area contributed by atoms with E-state index >= 15 is 0 Å². The van der Waals surface area contributed by atoms with Crippen LogP contribution in [-0.2, 0) is 6.54 Å². The molecule has 1 aliphatic heterocycles. The van der Waals surface area contributed by atoms with Gasteiger partial charge in [-0.1, -0.05) is 0 Å². The van der Waals surface area contributed by atoms with E-state index in [0.29, 0.717) is 6.04 Å². The van der Waals surface area contributed by atoms with Gasteiger partial charge in [0, 0.05) is 43.6 Å². The van der Waals surface area contributed by atoms with Gasteiger partial charge in [-0.2, -0.15) is 0 Å². The van der Waals surface area contributed by atoms with Gasteiger partial charge in [0.25, 0.3) is 0 Å². The van der Waals surface area contributed by atoms with E-state index in [4.69, 9.17) is 0 Å². The highest BCUT2D eigenvalue weighted by atomic mass is 15.3. The van der Waals surface area contributed by atoms with Crippen molar-refractivity contribution in [3.8, 4) is 0 Å². The SMILES string of the molecule is CC1CC(NCCCn2ccnc2)CN1C1CC1. The zero-order chi connectivity index (χ0) is 12.4. The third kappa shape index (κ3) is 2.93. The molecule has 0 spiro atoms. The van der Waals surface area contributed by atoms with Crippen molar-refractivity contribution in [2.24, 2.45) is 0 Å². The minimum atomic E-state index is 0.711. The van der Waals surface area contributed by atoms with Crippen LogP contribution in [0.4, 0.5) is 0 Å². The molecule has 18 heavy (non-hydrogen) atoms. The Balaban J connectivity index is 1.34. The van der Waals surface area contributed by atoms with Crippen molar-refractivity contribution in [2.75, 3.05) is 13.1 Å². The van der Waals surface area contributed by atoms with Crippen LogP contribution in [0.3, 0.4) is 0 Å². The Hall–Kier alpha value is -0.870. The normalized spacial score (nSPS) is 28.9. The van der Waals surface area contributed by atoms with Crippen molar-refractivity contribution in [1.82, 2.24) is 19.8 Å². The highest BCUT2D eigenvalue weighted by Gasteiger charge is 2.38. The molecule has 1 aromatic heterocycles. The molecule has 0 amide bonds. The lowest BCUT2D eigenvalue weighted by molar-refractivity contribution is 0.255. The van der Waals surface area contributed by atoms with Crippen molar-refractivity contribution in [1.29, 1.82) is 0 Å². The summed E-state index contributed by atoms with van der Waals surface area (Å²) in [5.41, 5.74) is 0. The van der Waals surface area contributed by atoms with Crippen LogP contribution in [0, 0.1) is 0 Å². The van der Waals surface area contributed by atoms with E-state index in [9.17, 15) is 0 Å². The number of hydrogen-bond donors (Lipinski definition) is 1. The predicted octanol–water partition coefficient (Wildman–Crippen LogP) is 1.49. The number of aromatic nitrogens is 2. The molecule has 1 aliphatic carbocycles. The topological polar surface area (TPSA) is 33.1 Å². The summed E-state index contributed by atoms with van der Waals surface area (Å²) in [6.07, 6.45) is 11.1. The minimum absolute atomic E-state index is 0.711. The molecule has 2 unspecified atom stereocenters. The van der Waals surface area contributed by atoms with Crippen LogP contribution in [0.5, 0.6) is 0 Å². The van der Waals surface area contributed by atoms with Crippen LogP contribution < -0.4 is 5.32 Å². The lowest BCUT2D eigenvalue weighted by Crippen LogP contribution is -2.34. The highest BCUT2D eigenvalue weighted by Crippen LogP contribution is 2.33. The fourth-order valence-corrected chi connectivity index (χ4v) is 3.11. The molecule has 2 aliphatic rings. The molecule has 2 heterocycles. The van der Waals surface area contributed by atoms with Crippen LogP contribution in [0.1, 0.15) is 32.6 Å². The molecule has 2 atom stereocenters. The molecule has 1 N–H and O–H groups in total. The zero-order valence-corrected chi connectivity index (χ0v) is 11.3. The number of hydrogen-bond acceptors (Lipinski definition) is 3. The summed E-state index contributed by atoms with van der Waals surface area (Å²) < 4.78 is 2.15. The number of likely N-dealkylation sites (tertiary alicyclic amines) is 1. The first-order chi connectivity index (χ1) is 8.83. The largest absolute Gasteiger partial charge is 0.337 e. The summed E-state index contributed by atoms with van der Waals surface area (Å²) in [5.74, 6) is 0. The number of aryl methyl sites for hydroxylation is 1. The Morgan fingerprint density at radius 3 is 3.00 bits per heavy atom. The minimum Gasteiger partial charge on any atom is -0.337 e. The molecule has 0 aromatic carbocycles. The molecule has 4 heteroatoms. The molecule has 0 radical (unpaired) electrons. The van der Waals surface area contributed by atoms with E-state index in [2.05, 4.69) is 26.7 Å². The van der Waals surface area contributed by atoms with Gasteiger partial charge < -0.3 is 9.88 Å². The monoisotopic (exact) mass is 248 g/mol. The first kappa shape index (κ1) is 12.2. The fourth-order valence-electron chi connectivity index (χ4n) is 3.11. The molecule has 2 fully saturated rings. The van der Waals surface area contributed by atoms with Crippen LogP contribution in [-0.4, -0.2) is 45.7 Å². The molecule has 1 aromatic rings. The van der Waals surface area contributed by atoms with E-state index in [-0.39, 0.29) is 0 Å². The van der Waals surface area contributed by atoms with Crippen molar-refractivity contribution in [3.63, 3.8) is 0 Å². The quantitative estimate of drug-likeness (QED) is 0.774. The first-order valence-electron chi connectivity index (χ1n) is 7.28. The standard InChI is InChI=1S/C14H24N4/c1-12-9-13(10-18(12)14-3-4-14)16-5-2-7-17-8-6-15-11-17/h6,8,11-14,16H,2-5,7,9-10H2,1H3. The molecule has 0 bridgehead atoms. The number of nitrogens with one attached hydrogen (secondary N) is 1. The Kier molecular flexibility index (Phi) is 3.66. The van der Waals surface area contributed by atoms with Gasteiger partial charge in [0.2, 0.25) is 0 Å². The average molecular weight is 248 g/mol. The fraction of sp³-hybridized carbons (Fsp3) is 0.786. The average Bonchev–Trinajstić information content (AvgIpc) is 2.94. The lowest BCUT2D eigenvalue weighted by Gasteiger charge is -2.19. The van der Waals surface area contributed by atoms with Crippen molar-refractivity contribution >= 4 is 0 Å². The second kappa shape index (κ2) is 5.41. The third-order valence-corrected chi connectivity index (χ3v) is 4.22. The first-order valence-corrected chi connectivity index (χ1v) is 7.28. The van der Waals surface area contributed by atoms with Gasteiger partial charge >= 0.3 is 0 Å². The van der Waals surface area contributed by atoms with Crippen LogP contribution in [0.2, 0.25) is 0 Å². The van der Waals surface area contributed by atoms with Gasteiger partial charge in [-0.25, -0.2) is 4.98 Å².